The number of carbonyl (C=O) groups is 1. The standard InChI is InChI=1S/C77H137NO18/c1-3-5-7-9-11-13-15-17-19-21-23-24-25-26-27-28-29-30-31-32-33-34-35-37-38-40-42-44-46-48-50-52-54-61(82)60(78-65(83)55-53-51-49-47-45-43-41-39-36-22-20-18-16-14-12-10-8-6-4-2)59-91-75-71(89)68(86)73(63(57-80)93-75)96-77-72(90)69(87)74(64(58-81)94-77)95-76-70(88)67(85)66(84)62(56-79)92-76/h12,14,18,20,36-39,44,46,52,54,60-64,66-77,79-82,84-90H,3-11,13,15-17,19,21-35,40-43,45,47-51,53,55-59H2,1-2H3,(H,78,83)/b14-12-,20-18-,38-37+,39-36-,46-44+,54-52+. The van der Waals surface area contributed by atoms with Crippen LogP contribution in [0.15, 0.2) is 72.9 Å². The number of hydrogen-bond donors (Lipinski definition) is 12. The lowest BCUT2D eigenvalue weighted by Gasteiger charge is -2.48. The van der Waals surface area contributed by atoms with Gasteiger partial charge in [-0.1, -0.05) is 260 Å². The molecule has 0 spiro atoms. The van der Waals surface area contributed by atoms with Crippen LogP contribution in [0.1, 0.15) is 277 Å². The molecular formula is C77H137NO18. The number of nitrogens with one attached hydrogen (secondary N) is 1. The molecule has 0 aromatic carbocycles. The fourth-order valence-electron chi connectivity index (χ4n) is 12.5. The maximum atomic E-state index is 13.4. The van der Waals surface area contributed by atoms with Crippen molar-refractivity contribution >= 4 is 5.91 Å². The van der Waals surface area contributed by atoms with E-state index in [4.69, 9.17) is 28.4 Å². The van der Waals surface area contributed by atoms with Gasteiger partial charge in [0.05, 0.1) is 38.6 Å². The molecule has 0 radical (unpaired) electrons. The molecule has 3 heterocycles. The summed E-state index contributed by atoms with van der Waals surface area (Å²) in [5, 5.41) is 121. The average molecular weight is 1360 g/mol. The van der Waals surface area contributed by atoms with Crippen molar-refractivity contribution < 1.29 is 89.4 Å². The summed E-state index contributed by atoms with van der Waals surface area (Å²) in [5.74, 6) is -0.302. The molecule has 96 heavy (non-hydrogen) atoms. The van der Waals surface area contributed by atoms with Crippen molar-refractivity contribution in [1.82, 2.24) is 5.32 Å². The highest BCUT2D eigenvalue weighted by Crippen LogP contribution is 2.33. The third kappa shape index (κ3) is 38.3. The van der Waals surface area contributed by atoms with Gasteiger partial charge in [0.1, 0.15) is 73.2 Å². The minimum Gasteiger partial charge on any atom is -0.394 e. The molecule has 3 rings (SSSR count). The zero-order valence-electron chi connectivity index (χ0n) is 59.3. The first-order valence-corrected chi connectivity index (χ1v) is 38.2. The Labute approximate surface area is 578 Å². The van der Waals surface area contributed by atoms with Crippen LogP contribution >= 0.6 is 0 Å². The van der Waals surface area contributed by atoms with E-state index in [1.165, 1.54) is 161 Å². The van der Waals surface area contributed by atoms with E-state index in [1.54, 1.807) is 6.08 Å². The van der Waals surface area contributed by atoms with Gasteiger partial charge in [-0.15, -0.1) is 0 Å². The SMILES string of the molecule is CCCCC/C=C\C/C=C\C/C=C\CCCCCCCCC(=O)NC(COC1OC(CO)C(OC2OC(CO)C(OC3OC(CO)C(O)C(O)C3O)C(O)C2O)C(O)C1O)C(O)/C=C/CC/C=C/CC/C=C/CCCCCCCCCCCCCCCCCCCCCCCC. The van der Waals surface area contributed by atoms with E-state index in [1.807, 2.05) is 6.08 Å². The number of aliphatic hydroxyl groups excluding tert-OH is 11. The molecule has 0 aromatic rings. The molecule has 558 valence electrons. The number of carbonyl (C=O) groups excluding carboxylic acids is 1. The molecule has 3 aliphatic rings. The lowest BCUT2D eigenvalue weighted by Crippen LogP contribution is -2.66. The van der Waals surface area contributed by atoms with E-state index < -0.39 is 124 Å². The Morgan fingerprint density at radius 3 is 1.14 bits per heavy atom. The molecule has 3 aliphatic heterocycles. The molecule has 0 saturated carbocycles. The molecule has 17 atom stereocenters. The maximum Gasteiger partial charge on any atom is 0.220 e. The lowest BCUT2D eigenvalue weighted by atomic mass is 9.96. The molecule has 3 fully saturated rings. The van der Waals surface area contributed by atoms with Gasteiger partial charge < -0.3 is 89.9 Å². The first-order valence-electron chi connectivity index (χ1n) is 38.2. The molecule has 17 unspecified atom stereocenters. The summed E-state index contributed by atoms with van der Waals surface area (Å²) in [7, 11) is 0. The van der Waals surface area contributed by atoms with Gasteiger partial charge in [-0.3, -0.25) is 4.79 Å². The Morgan fingerprint density at radius 1 is 0.375 bits per heavy atom. The molecule has 12 N–H and O–H groups in total. The third-order valence-electron chi connectivity index (χ3n) is 18.7. The minimum absolute atomic E-state index is 0.214. The molecular weight excluding hydrogens is 1230 g/mol. The lowest BCUT2D eigenvalue weighted by molar-refractivity contribution is -0.379. The van der Waals surface area contributed by atoms with E-state index >= 15 is 0 Å². The monoisotopic (exact) mass is 1360 g/mol. The van der Waals surface area contributed by atoms with Crippen LogP contribution in [0.5, 0.6) is 0 Å². The Hall–Kier alpha value is -2.77. The third-order valence-corrected chi connectivity index (χ3v) is 18.7. The Kier molecular flexibility index (Phi) is 52.7. The predicted molar refractivity (Wildman–Crippen MR) is 378 cm³/mol. The predicted octanol–water partition coefficient (Wildman–Crippen LogP) is 11.7. The summed E-state index contributed by atoms with van der Waals surface area (Å²) in [4.78, 5) is 13.4. The van der Waals surface area contributed by atoms with Crippen LogP contribution in [0.25, 0.3) is 0 Å². The first kappa shape index (κ1) is 87.4. The summed E-state index contributed by atoms with van der Waals surface area (Å²) in [5.41, 5.74) is 0. The van der Waals surface area contributed by atoms with Crippen LogP contribution < -0.4 is 5.32 Å². The Balaban J connectivity index is 1.41. The smallest absolute Gasteiger partial charge is 0.220 e. The highest BCUT2D eigenvalue weighted by Gasteiger charge is 2.53. The Morgan fingerprint density at radius 2 is 0.698 bits per heavy atom. The average Bonchev–Trinajstić information content (AvgIpc) is 0.798. The van der Waals surface area contributed by atoms with Crippen molar-refractivity contribution in [2.75, 3.05) is 26.4 Å². The van der Waals surface area contributed by atoms with Crippen molar-refractivity contribution in [3.05, 3.63) is 72.9 Å². The van der Waals surface area contributed by atoms with E-state index in [0.717, 1.165) is 83.5 Å². The van der Waals surface area contributed by atoms with Gasteiger partial charge in [0.2, 0.25) is 5.91 Å². The topological polar surface area (TPSA) is 307 Å². The largest absolute Gasteiger partial charge is 0.394 e. The van der Waals surface area contributed by atoms with E-state index in [9.17, 15) is 61.0 Å². The fourth-order valence-corrected chi connectivity index (χ4v) is 12.5. The van der Waals surface area contributed by atoms with Crippen molar-refractivity contribution in [3.63, 3.8) is 0 Å². The highest BCUT2D eigenvalue weighted by atomic mass is 16.8. The summed E-state index contributed by atoms with van der Waals surface area (Å²) in [6.45, 7) is 1.69. The number of rotatable bonds is 59. The van der Waals surface area contributed by atoms with Crippen LogP contribution in [-0.2, 0) is 33.2 Å². The molecule has 0 aliphatic carbocycles. The molecule has 19 heteroatoms. The number of ether oxygens (including phenoxy) is 6. The van der Waals surface area contributed by atoms with Crippen molar-refractivity contribution in [3.8, 4) is 0 Å². The van der Waals surface area contributed by atoms with Crippen molar-refractivity contribution in [1.29, 1.82) is 0 Å². The zero-order valence-corrected chi connectivity index (χ0v) is 59.3. The molecule has 19 nitrogen and oxygen atoms in total. The van der Waals surface area contributed by atoms with Crippen molar-refractivity contribution in [2.24, 2.45) is 0 Å². The first-order chi connectivity index (χ1) is 46.8. The van der Waals surface area contributed by atoms with Crippen molar-refractivity contribution in [2.45, 2.75) is 381 Å². The van der Waals surface area contributed by atoms with Gasteiger partial charge in [-0.25, -0.2) is 0 Å². The van der Waals surface area contributed by atoms with Gasteiger partial charge in [-0.2, -0.15) is 0 Å². The van der Waals surface area contributed by atoms with Gasteiger partial charge in [0, 0.05) is 6.42 Å². The van der Waals surface area contributed by atoms with E-state index in [0.29, 0.717) is 12.8 Å². The summed E-state index contributed by atoms with van der Waals surface area (Å²) in [6.07, 6.45) is 47.5. The number of unbranched alkanes of at least 4 members (excludes halogenated alkanes) is 33. The second-order valence-corrected chi connectivity index (χ2v) is 27.1. The zero-order chi connectivity index (χ0) is 69.6. The normalized spacial score (nSPS) is 27.4. The summed E-state index contributed by atoms with van der Waals surface area (Å²) >= 11 is 0. The van der Waals surface area contributed by atoms with Gasteiger partial charge in [0.25, 0.3) is 0 Å². The second-order valence-electron chi connectivity index (χ2n) is 27.1. The highest BCUT2D eigenvalue weighted by molar-refractivity contribution is 5.76. The van der Waals surface area contributed by atoms with E-state index in [-0.39, 0.29) is 18.9 Å². The Bertz CT molecular complexity index is 2020. The van der Waals surface area contributed by atoms with Crippen LogP contribution in [0.4, 0.5) is 0 Å². The van der Waals surface area contributed by atoms with Gasteiger partial charge >= 0.3 is 0 Å². The van der Waals surface area contributed by atoms with Crippen LogP contribution in [-0.4, -0.2) is 193 Å². The molecule has 0 bridgehead atoms. The van der Waals surface area contributed by atoms with Crippen LogP contribution in [0.3, 0.4) is 0 Å². The summed E-state index contributed by atoms with van der Waals surface area (Å²) < 4.78 is 34.4. The number of allylic oxidation sites excluding steroid dienone is 11. The van der Waals surface area contributed by atoms with Crippen LogP contribution in [0.2, 0.25) is 0 Å². The summed E-state index contributed by atoms with van der Waals surface area (Å²) in [6, 6.07) is -1.01. The quantitative estimate of drug-likeness (QED) is 0.0199. The van der Waals surface area contributed by atoms with Crippen LogP contribution in [0, 0.1) is 0 Å². The number of aliphatic hydroxyl groups is 11. The van der Waals surface area contributed by atoms with E-state index in [2.05, 4.69) is 79.9 Å². The molecule has 3 saturated heterocycles. The molecule has 0 aromatic heterocycles. The van der Waals surface area contributed by atoms with Gasteiger partial charge in [0.15, 0.2) is 18.9 Å². The number of hydrogen-bond acceptors (Lipinski definition) is 18. The minimum atomic E-state index is -1.99. The maximum absolute atomic E-state index is 13.4. The number of amides is 1. The molecule has 1 amide bonds. The van der Waals surface area contributed by atoms with Gasteiger partial charge in [-0.05, 0) is 83.5 Å². The second kappa shape index (κ2) is 57.8. The fraction of sp³-hybridized carbons (Fsp3) is 0.831.